The Kier molecular flexibility index (Phi) is 5.25. The van der Waals surface area contributed by atoms with Crippen molar-refractivity contribution in [1.82, 2.24) is 0 Å². The van der Waals surface area contributed by atoms with Gasteiger partial charge in [0.1, 0.15) is 11.2 Å². The van der Waals surface area contributed by atoms with E-state index in [-0.39, 0.29) is 35.9 Å². The minimum absolute atomic E-state index is 0.112. The summed E-state index contributed by atoms with van der Waals surface area (Å²) in [5, 5.41) is -0.923. The molecule has 0 radical (unpaired) electrons. The molecule has 0 aliphatic rings. The van der Waals surface area contributed by atoms with Crippen LogP contribution in [-0.4, -0.2) is 13.2 Å². The average Bonchev–Trinajstić information content (AvgIpc) is 2.99. The van der Waals surface area contributed by atoms with Gasteiger partial charge in [-0.05, 0) is 13.3 Å². The summed E-state index contributed by atoms with van der Waals surface area (Å²) in [4.78, 5) is 0. The molecule has 0 saturated heterocycles. The second-order valence-corrected chi connectivity index (χ2v) is 5.84. The molecule has 0 saturated carbocycles. The number of fused-ring (bicyclic) bond motifs is 3. The summed E-state index contributed by atoms with van der Waals surface area (Å²) < 4.78 is 73.0. The molecule has 1 heterocycles. The zero-order valence-electron chi connectivity index (χ0n) is 14.4. The minimum Gasteiger partial charge on any atom is -0.491 e. The van der Waals surface area contributed by atoms with E-state index in [1.54, 1.807) is 6.92 Å². The molecule has 3 nitrogen and oxygen atoms in total. The van der Waals surface area contributed by atoms with E-state index in [2.05, 4.69) is 0 Å². The number of furan rings is 1. The summed E-state index contributed by atoms with van der Waals surface area (Å²) in [6, 6.07) is 2.27. The second kappa shape index (κ2) is 7.43. The van der Waals surface area contributed by atoms with Crippen molar-refractivity contribution in [3.05, 3.63) is 35.4 Å². The summed E-state index contributed by atoms with van der Waals surface area (Å²) in [6.07, 6.45) is 2.53. The third-order valence-corrected chi connectivity index (χ3v) is 4.05. The Bertz CT molecular complexity index is 949. The molecule has 3 rings (SSSR count). The number of unbranched alkanes of at least 4 members (excludes halogenated alkanes) is 2. The Morgan fingerprint density at radius 3 is 1.81 bits per heavy atom. The summed E-state index contributed by atoms with van der Waals surface area (Å²) in [5.41, 5.74) is -0.264. The summed E-state index contributed by atoms with van der Waals surface area (Å²) >= 11 is 0. The van der Waals surface area contributed by atoms with Gasteiger partial charge in [-0.15, -0.1) is 0 Å². The smallest absolute Gasteiger partial charge is 0.201 e. The molecule has 1 aromatic heterocycles. The molecule has 0 spiro atoms. The fourth-order valence-corrected chi connectivity index (χ4v) is 2.81. The van der Waals surface area contributed by atoms with E-state index in [0.29, 0.717) is 6.42 Å². The van der Waals surface area contributed by atoms with Crippen LogP contribution in [0, 0.1) is 23.3 Å². The monoisotopic (exact) mass is 370 g/mol. The van der Waals surface area contributed by atoms with Crippen LogP contribution in [0.1, 0.15) is 33.1 Å². The lowest BCUT2D eigenvalue weighted by atomic mass is 10.1. The highest BCUT2D eigenvalue weighted by molar-refractivity contribution is 6.06. The van der Waals surface area contributed by atoms with Crippen LogP contribution < -0.4 is 9.47 Å². The highest BCUT2D eigenvalue weighted by Crippen LogP contribution is 2.40. The third-order valence-electron chi connectivity index (χ3n) is 4.05. The van der Waals surface area contributed by atoms with Gasteiger partial charge in [-0.3, -0.25) is 0 Å². The van der Waals surface area contributed by atoms with Gasteiger partial charge >= 0.3 is 0 Å². The van der Waals surface area contributed by atoms with Gasteiger partial charge in [-0.2, -0.15) is 8.78 Å². The summed E-state index contributed by atoms with van der Waals surface area (Å²) in [5.74, 6) is -5.90. The number of ether oxygens (including phenoxy) is 2. The number of rotatable bonds is 7. The normalized spacial score (nSPS) is 11.5. The topological polar surface area (TPSA) is 31.6 Å². The molecule has 0 amide bonds. The van der Waals surface area contributed by atoms with Gasteiger partial charge in [0.05, 0.1) is 24.0 Å². The molecule has 0 bridgehead atoms. The first-order chi connectivity index (χ1) is 12.5. The van der Waals surface area contributed by atoms with Crippen LogP contribution >= 0.6 is 0 Å². The Balaban J connectivity index is 2.14. The van der Waals surface area contributed by atoms with Gasteiger partial charge in [-0.1, -0.05) is 19.8 Å². The summed E-state index contributed by atoms with van der Waals surface area (Å²) in [6.45, 7) is 3.94. The van der Waals surface area contributed by atoms with E-state index >= 15 is 0 Å². The first kappa shape index (κ1) is 18.4. The van der Waals surface area contributed by atoms with Gasteiger partial charge in [0, 0.05) is 12.1 Å². The first-order valence-electron chi connectivity index (χ1n) is 8.47. The molecular weight excluding hydrogens is 352 g/mol. The lowest BCUT2D eigenvalue weighted by Crippen LogP contribution is -2.01. The van der Waals surface area contributed by atoms with Crippen LogP contribution in [-0.2, 0) is 0 Å². The third kappa shape index (κ3) is 3.06. The van der Waals surface area contributed by atoms with Gasteiger partial charge in [-0.25, -0.2) is 8.78 Å². The summed E-state index contributed by atoms with van der Waals surface area (Å²) in [7, 11) is 0. The van der Waals surface area contributed by atoms with Crippen molar-refractivity contribution < 1.29 is 31.5 Å². The van der Waals surface area contributed by atoms with Crippen LogP contribution in [0.2, 0.25) is 0 Å². The molecular formula is C19H18F4O3. The van der Waals surface area contributed by atoms with Crippen molar-refractivity contribution in [1.29, 1.82) is 0 Å². The zero-order chi connectivity index (χ0) is 18.8. The van der Waals surface area contributed by atoms with Crippen molar-refractivity contribution in [3.63, 3.8) is 0 Å². The van der Waals surface area contributed by atoms with Crippen molar-refractivity contribution in [3.8, 4) is 11.5 Å². The standard InChI is InChI=1S/C19H18F4O3/c1-3-5-6-7-25-13-9-11-15(19(23)17(13)21)14-10(26-11)8-12(24-4-2)16(20)18(14)22/h8-9H,3-7H2,1-2H3. The fraction of sp³-hybridized carbons (Fsp3) is 0.368. The lowest BCUT2D eigenvalue weighted by Gasteiger charge is -2.08. The number of hydrogen-bond donors (Lipinski definition) is 0. The Labute approximate surface area is 147 Å². The molecule has 0 unspecified atom stereocenters. The van der Waals surface area contributed by atoms with Gasteiger partial charge in [0.2, 0.25) is 11.6 Å². The van der Waals surface area contributed by atoms with E-state index in [1.165, 1.54) is 0 Å². The maximum atomic E-state index is 14.5. The zero-order valence-corrected chi connectivity index (χ0v) is 14.4. The quantitative estimate of drug-likeness (QED) is 0.371. The van der Waals surface area contributed by atoms with Crippen LogP contribution in [0.4, 0.5) is 17.6 Å². The molecule has 0 aliphatic carbocycles. The van der Waals surface area contributed by atoms with Crippen LogP contribution in [0.3, 0.4) is 0 Å². The number of benzene rings is 2. The molecule has 0 N–H and O–H groups in total. The predicted octanol–water partition coefficient (Wildman–Crippen LogP) is 6.11. The fourth-order valence-electron chi connectivity index (χ4n) is 2.81. The van der Waals surface area contributed by atoms with Crippen molar-refractivity contribution in [2.45, 2.75) is 33.1 Å². The number of hydrogen-bond acceptors (Lipinski definition) is 3. The Morgan fingerprint density at radius 2 is 1.31 bits per heavy atom. The van der Waals surface area contributed by atoms with Gasteiger partial charge in [0.25, 0.3) is 0 Å². The van der Waals surface area contributed by atoms with Gasteiger partial charge < -0.3 is 13.9 Å². The highest BCUT2D eigenvalue weighted by Gasteiger charge is 2.25. The lowest BCUT2D eigenvalue weighted by molar-refractivity contribution is 0.287. The minimum atomic E-state index is -1.35. The van der Waals surface area contributed by atoms with E-state index < -0.39 is 34.0 Å². The second-order valence-electron chi connectivity index (χ2n) is 5.84. The molecule has 3 aromatic rings. The highest BCUT2D eigenvalue weighted by atomic mass is 19.2. The Hall–Kier alpha value is -2.44. The molecule has 140 valence electrons. The van der Waals surface area contributed by atoms with Crippen LogP contribution in [0.5, 0.6) is 11.5 Å². The van der Waals surface area contributed by atoms with Crippen molar-refractivity contribution >= 4 is 21.9 Å². The SMILES string of the molecule is CCCCCOc1cc2oc3cc(OCC)c(F)c(F)c3c2c(F)c1F. The molecule has 7 heteroatoms. The number of halogens is 4. The molecule has 2 aromatic carbocycles. The van der Waals surface area contributed by atoms with E-state index in [1.807, 2.05) is 6.92 Å². The maximum absolute atomic E-state index is 14.5. The van der Waals surface area contributed by atoms with E-state index in [0.717, 1.165) is 25.0 Å². The van der Waals surface area contributed by atoms with Crippen LogP contribution in [0.15, 0.2) is 16.5 Å². The molecule has 0 aliphatic heterocycles. The molecule has 0 fully saturated rings. The average molecular weight is 370 g/mol. The Morgan fingerprint density at radius 1 is 0.769 bits per heavy atom. The van der Waals surface area contributed by atoms with Crippen molar-refractivity contribution in [2.75, 3.05) is 13.2 Å². The maximum Gasteiger partial charge on any atom is 0.201 e. The van der Waals surface area contributed by atoms with Crippen molar-refractivity contribution in [2.24, 2.45) is 0 Å². The largest absolute Gasteiger partial charge is 0.491 e. The molecule has 0 atom stereocenters. The van der Waals surface area contributed by atoms with Gasteiger partial charge in [0.15, 0.2) is 23.1 Å². The predicted molar refractivity (Wildman–Crippen MR) is 89.7 cm³/mol. The van der Waals surface area contributed by atoms with Crippen LogP contribution in [0.25, 0.3) is 21.9 Å². The van der Waals surface area contributed by atoms with E-state index in [4.69, 9.17) is 13.9 Å². The first-order valence-corrected chi connectivity index (χ1v) is 8.47. The van der Waals surface area contributed by atoms with E-state index in [9.17, 15) is 17.6 Å². The molecule has 26 heavy (non-hydrogen) atoms.